The molecule has 0 saturated carbocycles. The van der Waals surface area contributed by atoms with Gasteiger partial charge < -0.3 is 34.2 Å². The van der Waals surface area contributed by atoms with Gasteiger partial charge in [-0.1, -0.05) is 333 Å². The minimum atomic E-state index is -4.94. The Morgan fingerprint density at radius 2 is 0.486 bits per heavy atom. The number of unbranched alkanes of at least 4 members (excludes halogenated alkanes) is 31. The summed E-state index contributed by atoms with van der Waals surface area (Å²) in [7, 11) is -9.81. The van der Waals surface area contributed by atoms with E-state index in [1.165, 1.54) is 103 Å². The Hall–Kier alpha value is -4.83. The Morgan fingerprint density at radius 1 is 0.266 bits per heavy atom. The SMILES string of the molecule is CC/C=C\C/C=C\C/C=C\C/C=C\C/C=C\C/C=C\CCCCCCCCCCCCC(=O)OCC(O)COP(=O)(O)OCC(O)COP(=O)(O)OCC(COC(=O)CCCCCCCCCCCCCCC/C=C\C/C=C\C/C=C\C/C=C\C/C=C\CC)OC(=O)CCCCCCC/C=C\C/C=C\CCCCC. The molecule has 109 heavy (non-hydrogen) atoms. The lowest BCUT2D eigenvalue weighted by atomic mass is 10.0. The third kappa shape index (κ3) is 83.9. The number of carbonyl (C=O) groups excluding carboxylic acids is 3. The summed E-state index contributed by atoms with van der Waals surface area (Å²) in [5, 5.41) is 20.7. The summed E-state index contributed by atoms with van der Waals surface area (Å²) in [6, 6.07) is 0. The highest BCUT2D eigenvalue weighted by Crippen LogP contribution is 2.45. The maximum atomic E-state index is 13.0. The third-order valence-corrected chi connectivity index (χ3v) is 19.6. The predicted octanol–water partition coefficient (Wildman–Crippen LogP) is 25.8. The molecular weight excluding hydrogens is 1410 g/mol. The highest BCUT2D eigenvalue weighted by atomic mass is 31.2. The van der Waals surface area contributed by atoms with Crippen molar-refractivity contribution in [3.63, 3.8) is 0 Å². The lowest BCUT2D eigenvalue weighted by Crippen LogP contribution is -2.30. The molecule has 0 aliphatic carbocycles. The average molecular weight is 1570 g/mol. The molecule has 0 spiro atoms. The molecule has 0 radical (unpaired) electrons. The lowest BCUT2D eigenvalue weighted by Gasteiger charge is -2.21. The smallest absolute Gasteiger partial charge is 0.463 e. The van der Waals surface area contributed by atoms with Crippen molar-refractivity contribution in [1.82, 2.24) is 0 Å². The minimum Gasteiger partial charge on any atom is -0.463 e. The predicted molar refractivity (Wildman–Crippen MR) is 454 cm³/mol. The second-order valence-electron chi connectivity index (χ2n) is 28.2. The van der Waals surface area contributed by atoms with Crippen molar-refractivity contribution in [2.75, 3.05) is 39.6 Å². The van der Waals surface area contributed by atoms with E-state index in [4.69, 9.17) is 32.3 Å². The van der Waals surface area contributed by atoms with E-state index in [2.05, 4.69) is 179 Å². The number of aliphatic hydroxyl groups is 2. The van der Waals surface area contributed by atoms with E-state index in [9.17, 15) is 43.5 Å². The van der Waals surface area contributed by atoms with Gasteiger partial charge in [0.05, 0.1) is 26.4 Å². The van der Waals surface area contributed by atoms with Gasteiger partial charge in [0, 0.05) is 19.3 Å². The van der Waals surface area contributed by atoms with Gasteiger partial charge in [0.25, 0.3) is 0 Å². The topological polar surface area (TPSA) is 231 Å². The fourth-order valence-electron chi connectivity index (χ4n) is 11.3. The largest absolute Gasteiger partial charge is 0.472 e. The molecule has 5 unspecified atom stereocenters. The van der Waals surface area contributed by atoms with Gasteiger partial charge in [-0.25, -0.2) is 9.13 Å². The van der Waals surface area contributed by atoms with E-state index in [1.807, 2.05) is 0 Å². The number of allylic oxidation sites excluding steroid dienone is 26. The lowest BCUT2D eigenvalue weighted by molar-refractivity contribution is -0.161. The number of hydrogen-bond donors (Lipinski definition) is 4. The standard InChI is InChI=1S/C91H154O16P2/c1-4-7-10-13-16-19-22-25-28-30-32-34-36-38-40-42-44-46-48-50-52-54-57-59-62-65-68-71-74-77-89(94)101-80-86(92)81-103-108(97,98)104-82-87(93)83-105-109(99,100)106-85-88(107-91(96)79-76-73-70-67-64-61-56-27-24-21-18-15-12-9-6-3)84-102-90(95)78-75-72-69-66-63-60-58-55-53-51-49-47-45-43-41-39-37-35-33-31-29-26-23-20-17-14-11-8-5-2/h7-8,10-11,16-21,25-29,32-35,38-41,44,46,56,86-88,92-93H,4-6,9,12-15,22-24,30-31,36-37,42-43,45,47-55,57-85H2,1-3H3,(H,97,98)(H,99,100)/b10-7-,11-8-,19-16-,20-17-,21-18-,28-25-,29-26-,34-32-,35-33-,40-38-,41-39-,46-44-,56-27-. The highest BCUT2D eigenvalue weighted by Gasteiger charge is 2.29. The van der Waals surface area contributed by atoms with Crippen LogP contribution in [0, 0.1) is 0 Å². The molecule has 0 rings (SSSR count). The van der Waals surface area contributed by atoms with Gasteiger partial charge in [-0.2, -0.15) is 0 Å². The maximum Gasteiger partial charge on any atom is 0.472 e. The Balaban J connectivity index is 4.54. The number of phosphoric ester groups is 2. The molecule has 0 aromatic carbocycles. The first-order chi connectivity index (χ1) is 53.2. The molecule has 624 valence electrons. The summed E-state index contributed by atoms with van der Waals surface area (Å²) in [5.41, 5.74) is 0. The molecule has 0 saturated heterocycles. The Bertz CT molecular complexity index is 2610. The molecule has 0 amide bonds. The molecule has 16 nitrogen and oxygen atoms in total. The number of esters is 3. The van der Waals surface area contributed by atoms with Crippen molar-refractivity contribution in [3.05, 3.63) is 158 Å². The third-order valence-electron chi connectivity index (χ3n) is 17.7. The van der Waals surface area contributed by atoms with E-state index in [1.54, 1.807) is 0 Å². The van der Waals surface area contributed by atoms with Crippen LogP contribution in [0.25, 0.3) is 0 Å². The second kappa shape index (κ2) is 82.6. The quantitative estimate of drug-likeness (QED) is 0.0146. The Kier molecular flexibility index (Phi) is 79.0. The first kappa shape index (κ1) is 104. The Morgan fingerprint density at radius 3 is 0.771 bits per heavy atom. The summed E-state index contributed by atoms with van der Waals surface area (Å²) >= 11 is 0. The molecule has 0 fully saturated rings. The van der Waals surface area contributed by atoms with Gasteiger partial charge in [-0.3, -0.25) is 32.5 Å². The van der Waals surface area contributed by atoms with Crippen LogP contribution in [0.4, 0.5) is 0 Å². The molecular formula is C91H154O16P2. The molecule has 4 N–H and O–H groups in total. The first-order valence-electron chi connectivity index (χ1n) is 42.8. The second-order valence-corrected chi connectivity index (χ2v) is 31.1. The van der Waals surface area contributed by atoms with Crippen LogP contribution in [0.2, 0.25) is 0 Å². The van der Waals surface area contributed by atoms with Crippen LogP contribution in [0.1, 0.15) is 342 Å². The molecule has 0 heterocycles. The van der Waals surface area contributed by atoms with Crippen molar-refractivity contribution in [1.29, 1.82) is 0 Å². The van der Waals surface area contributed by atoms with Gasteiger partial charge in [0.2, 0.25) is 0 Å². The van der Waals surface area contributed by atoms with Crippen LogP contribution in [-0.4, -0.2) is 95.9 Å². The number of hydrogen-bond acceptors (Lipinski definition) is 14. The fourth-order valence-corrected chi connectivity index (χ4v) is 12.9. The summed E-state index contributed by atoms with van der Waals surface area (Å²) in [6.07, 6.45) is 104. The van der Waals surface area contributed by atoms with E-state index >= 15 is 0 Å². The highest BCUT2D eigenvalue weighted by molar-refractivity contribution is 7.47. The number of ether oxygens (including phenoxy) is 3. The maximum absolute atomic E-state index is 13.0. The monoisotopic (exact) mass is 1570 g/mol. The summed E-state index contributed by atoms with van der Waals surface area (Å²) in [6.45, 7) is 2.43. The number of aliphatic hydroxyl groups excluding tert-OH is 2. The van der Waals surface area contributed by atoms with Gasteiger partial charge in [0.15, 0.2) is 6.10 Å². The van der Waals surface area contributed by atoms with Crippen molar-refractivity contribution < 1.29 is 75.8 Å². The zero-order valence-corrected chi connectivity index (χ0v) is 70.2. The minimum absolute atomic E-state index is 0.0859. The van der Waals surface area contributed by atoms with Crippen LogP contribution < -0.4 is 0 Å². The van der Waals surface area contributed by atoms with Crippen LogP contribution in [0.3, 0.4) is 0 Å². The summed E-state index contributed by atoms with van der Waals surface area (Å²) < 4.78 is 61.3. The van der Waals surface area contributed by atoms with Gasteiger partial charge in [0.1, 0.15) is 25.4 Å². The van der Waals surface area contributed by atoms with Crippen molar-refractivity contribution in [2.24, 2.45) is 0 Å². The number of phosphoric acid groups is 2. The van der Waals surface area contributed by atoms with Crippen molar-refractivity contribution >= 4 is 33.6 Å². The van der Waals surface area contributed by atoms with E-state index < -0.39 is 91.5 Å². The summed E-state index contributed by atoms with van der Waals surface area (Å²) in [5.74, 6) is -1.59. The average Bonchev–Trinajstić information content (AvgIpc) is 0.903. The molecule has 0 aromatic rings. The zero-order chi connectivity index (χ0) is 79.4. The zero-order valence-electron chi connectivity index (χ0n) is 68.4. The molecule has 0 aliphatic rings. The van der Waals surface area contributed by atoms with Crippen LogP contribution >= 0.6 is 15.6 Å². The first-order valence-corrected chi connectivity index (χ1v) is 45.8. The van der Waals surface area contributed by atoms with Gasteiger partial charge >= 0.3 is 33.6 Å². The molecule has 0 aliphatic heterocycles. The van der Waals surface area contributed by atoms with Crippen LogP contribution in [0.15, 0.2) is 158 Å². The van der Waals surface area contributed by atoms with Gasteiger partial charge in [-0.05, 0) is 148 Å². The molecule has 0 bridgehead atoms. The summed E-state index contributed by atoms with van der Waals surface area (Å²) in [4.78, 5) is 58.8. The van der Waals surface area contributed by atoms with E-state index in [-0.39, 0.29) is 19.3 Å². The fraction of sp³-hybridized carbons (Fsp3) is 0.681. The van der Waals surface area contributed by atoms with Crippen molar-refractivity contribution in [3.8, 4) is 0 Å². The van der Waals surface area contributed by atoms with Crippen LogP contribution in [-0.2, 0) is 55.8 Å². The Labute approximate surface area is 663 Å². The molecule has 5 atom stereocenters. The molecule has 18 heteroatoms. The molecule has 0 aromatic heterocycles. The van der Waals surface area contributed by atoms with E-state index in [0.717, 1.165) is 180 Å². The number of carbonyl (C=O) groups is 3. The van der Waals surface area contributed by atoms with Gasteiger partial charge in [-0.15, -0.1) is 0 Å². The number of rotatable bonds is 80. The van der Waals surface area contributed by atoms with Crippen molar-refractivity contribution in [2.45, 2.75) is 360 Å². The van der Waals surface area contributed by atoms with E-state index in [0.29, 0.717) is 19.3 Å². The van der Waals surface area contributed by atoms with Crippen LogP contribution in [0.5, 0.6) is 0 Å². The normalized spacial score (nSPS) is 14.7.